The van der Waals surface area contributed by atoms with Gasteiger partial charge in [0.25, 0.3) is 5.91 Å². The summed E-state index contributed by atoms with van der Waals surface area (Å²) >= 11 is 0. The van der Waals surface area contributed by atoms with Crippen LogP contribution in [0.2, 0.25) is 0 Å². The highest BCUT2D eigenvalue weighted by Gasteiger charge is 2.20. The summed E-state index contributed by atoms with van der Waals surface area (Å²) in [5.41, 5.74) is 0.425. The molecule has 6 nitrogen and oxygen atoms in total. The van der Waals surface area contributed by atoms with Crippen molar-refractivity contribution < 1.29 is 19.1 Å². The Morgan fingerprint density at radius 2 is 1.95 bits per heavy atom. The minimum absolute atomic E-state index is 0.00461. The molecule has 22 heavy (non-hydrogen) atoms. The summed E-state index contributed by atoms with van der Waals surface area (Å²) < 4.78 is 5.28. The van der Waals surface area contributed by atoms with Crippen molar-refractivity contribution in [3.63, 3.8) is 0 Å². The predicted molar refractivity (Wildman–Crippen MR) is 83.6 cm³/mol. The van der Waals surface area contributed by atoms with E-state index in [4.69, 9.17) is 4.42 Å². The fourth-order valence-electron chi connectivity index (χ4n) is 2.29. The molecular weight excluding hydrogens is 284 g/mol. The molecule has 0 aliphatic carbocycles. The number of hydrogen-bond acceptors (Lipinski definition) is 4. The zero-order valence-corrected chi connectivity index (χ0v) is 13.9. The van der Waals surface area contributed by atoms with Gasteiger partial charge < -0.3 is 20.2 Å². The second-order valence-corrected chi connectivity index (χ2v) is 6.72. The lowest BCUT2D eigenvalue weighted by molar-refractivity contribution is -0.121. The molecule has 2 amide bonds. The van der Waals surface area contributed by atoms with Gasteiger partial charge in [-0.25, -0.2) is 0 Å². The van der Waals surface area contributed by atoms with E-state index in [2.05, 4.69) is 10.6 Å². The Kier molecular flexibility index (Phi) is 6.17. The molecule has 0 aliphatic heterocycles. The monoisotopic (exact) mass is 310 g/mol. The van der Waals surface area contributed by atoms with Crippen molar-refractivity contribution in [3.8, 4) is 0 Å². The summed E-state index contributed by atoms with van der Waals surface area (Å²) in [6, 6.07) is 1.32. The fraction of sp³-hybridized carbons (Fsp3) is 0.625. The SMILES string of the molecule is Cc1cc(C(=O)NCC(=O)NC(CO)CC(C)(C)C)c(C)o1. The van der Waals surface area contributed by atoms with E-state index in [0.29, 0.717) is 23.5 Å². The van der Waals surface area contributed by atoms with E-state index in [1.54, 1.807) is 19.9 Å². The highest BCUT2D eigenvalue weighted by molar-refractivity contribution is 5.97. The molecule has 1 heterocycles. The van der Waals surface area contributed by atoms with Crippen molar-refractivity contribution in [2.24, 2.45) is 5.41 Å². The van der Waals surface area contributed by atoms with E-state index in [9.17, 15) is 14.7 Å². The first kappa shape index (κ1) is 18.2. The van der Waals surface area contributed by atoms with Crippen molar-refractivity contribution in [1.29, 1.82) is 0 Å². The second-order valence-electron chi connectivity index (χ2n) is 6.72. The number of aliphatic hydroxyl groups is 1. The zero-order chi connectivity index (χ0) is 16.9. The molecule has 1 rings (SSSR count). The zero-order valence-electron chi connectivity index (χ0n) is 13.9. The molecule has 124 valence electrons. The van der Waals surface area contributed by atoms with Crippen LogP contribution in [-0.2, 0) is 4.79 Å². The topological polar surface area (TPSA) is 91.6 Å². The van der Waals surface area contributed by atoms with Gasteiger partial charge in [-0.1, -0.05) is 20.8 Å². The average Bonchev–Trinajstić information content (AvgIpc) is 2.72. The number of amides is 2. The molecular formula is C16H26N2O4. The maximum atomic E-state index is 12.0. The lowest BCUT2D eigenvalue weighted by Crippen LogP contribution is -2.44. The number of furan rings is 1. The minimum atomic E-state index is -0.346. The van der Waals surface area contributed by atoms with Gasteiger partial charge in [0.15, 0.2) is 0 Å². The lowest BCUT2D eigenvalue weighted by Gasteiger charge is -2.25. The highest BCUT2D eigenvalue weighted by Crippen LogP contribution is 2.20. The van der Waals surface area contributed by atoms with Crippen LogP contribution in [0.1, 0.15) is 49.1 Å². The first-order chi connectivity index (χ1) is 10.1. The van der Waals surface area contributed by atoms with Gasteiger partial charge in [0.1, 0.15) is 11.5 Å². The summed E-state index contributed by atoms with van der Waals surface area (Å²) in [6.45, 7) is 9.30. The van der Waals surface area contributed by atoms with Crippen LogP contribution < -0.4 is 10.6 Å². The first-order valence-electron chi connectivity index (χ1n) is 7.38. The molecule has 0 saturated heterocycles. The van der Waals surface area contributed by atoms with Gasteiger partial charge in [0.2, 0.25) is 5.91 Å². The summed E-state index contributed by atoms with van der Waals surface area (Å²) in [5, 5.41) is 14.6. The van der Waals surface area contributed by atoms with Crippen molar-refractivity contribution in [3.05, 3.63) is 23.2 Å². The Morgan fingerprint density at radius 1 is 1.32 bits per heavy atom. The number of carbonyl (C=O) groups is 2. The first-order valence-corrected chi connectivity index (χ1v) is 7.38. The summed E-state index contributed by atoms with van der Waals surface area (Å²) in [5.74, 6) is 0.504. The van der Waals surface area contributed by atoms with E-state index < -0.39 is 0 Å². The smallest absolute Gasteiger partial charge is 0.255 e. The van der Waals surface area contributed by atoms with Gasteiger partial charge in [0.05, 0.1) is 24.8 Å². The maximum Gasteiger partial charge on any atom is 0.255 e. The van der Waals surface area contributed by atoms with Crippen LogP contribution in [0, 0.1) is 19.3 Å². The summed E-state index contributed by atoms with van der Waals surface area (Å²) in [4.78, 5) is 23.8. The Labute approximate surface area is 131 Å². The average molecular weight is 310 g/mol. The molecule has 0 fully saturated rings. The Morgan fingerprint density at radius 3 is 2.41 bits per heavy atom. The molecule has 0 radical (unpaired) electrons. The number of aliphatic hydroxyl groups excluding tert-OH is 1. The van der Waals surface area contributed by atoms with Gasteiger partial charge in [-0.05, 0) is 31.7 Å². The number of rotatable bonds is 6. The van der Waals surface area contributed by atoms with E-state index in [1.165, 1.54) is 0 Å². The molecule has 3 N–H and O–H groups in total. The van der Waals surface area contributed by atoms with Crippen LogP contribution in [0.25, 0.3) is 0 Å². The standard InChI is InChI=1S/C16H26N2O4/c1-10-6-13(11(2)22-10)15(21)17-8-14(20)18-12(9-19)7-16(3,4)5/h6,12,19H,7-9H2,1-5H3,(H,17,21)(H,18,20). The molecule has 0 spiro atoms. The molecule has 1 unspecified atom stereocenters. The molecule has 0 bridgehead atoms. The molecule has 0 aliphatic rings. The van der Waals surface area contributed by atoms with Gasteiger partial charge in [-0.15, -0.1) is 0 Å². The molecule has 0 aromatic carbocycles. The third-order valence-corrected chi connectivity index (χ3v) is 3.14. The van der Waals surface area contributed by atoms with Gasteiger partial charge in [-0.2, -0.15) is 0 Å². The Bertz CT molecular complexity index is 529. The Hall–Kier alpha value is -1.82. The fourth-order valence-corrected chi connectivity index (χ4v) is 2.29. The molecule has 0 saturated carbocycles. The van der Waals surface area contributed by atoms with Crippen LogP contribution in [0.3, 0.4) is 0 Å². The maximum absolute atomic E-state index is 12.0. The van der Waals surface area contributed by atoms with E-state index >= 15 is 0 Å². The van der Waals surface area contributed by atoms with Crippen LogP contribution in [0.4, 0.5) is 0 Å². The van der Waals surface area contributed by atoms with Gasteiger partial charge in [0, 0.05) is 0 Å². The second kappa shape index (κ2) is 7.45. The highest BCUT2D eigenvalue weighted by atomic mass is 16.3. The van der Waals surface area contributed by atoms with Crippen LogP contribution in [0.5, 0.6) is 0 Å². The largest absolute Gasteiger partial charge is 0.466 e. The molecule has 1 atom stereocenters. The number of aryl methyl sites for hydroxylation is 2. The molecule has 1 aromatic rings. The van der Waals surface area contributed by atoms with Crippen molar-refractivity contribution >= 4 is 11.8 Å². The van der Waals surface area contributed by atoms with Crippen LogP contribution >= 0.6 is 0 Å². The van der Waals surface area contributed by atoms with Crippen LogP contribution in [0.15, 0.2) is 10.5 Å². The summed E-state index contributed by atoms with van der Waals surface area (Å²) in [7, 11) is 0. The quantitative estimate of drug-likeness (QED) is 0.743. The third kappa shape index (κ3) is 5.89. The number of nitrogens with one attached hydrogen (secondary N) is 2. The van der Waals surface area contributed by atoms with Gasteiger partial charge in [-0.3, -0.25) is 9.59 Å². The van der Waals surface area contributed by atoms with Crippen molar-refractivity contribution in [1.82, 2.24) is 10.6 Å². The summed E-state index contributed by atoms with van der Waals surface area (Å²) in [6.07, 6.45) is 0.656. The minimum Gasteiger partial charge on any atom is -0.466 e. The molecule has 6 heteroatoms. The molecule has 1 aromatic heterocycles. The number of carbonyl (C=O) groups excluding carboxylic acids is 2. The van der Waals surface area contributed by atoms with Crippen molar-refractivity contribution in [2.45, 2.75) is 47.1 Å². The van der Waals surface area contributed by atoms with Gasteiger partial charge >= 0.3 is 0 Å². The van der Waals surface area contributed by atoms with E-state index in [-0.39, 0.29) is 36.4 Å². The normalized spacial score (nSPS) is 12.8. The van der Waals surface area contributed by atoms with E-state index in [1.807, 2.05) is 20.8 Å². The predicted octanol–water partition coefficient (Wildman–Crippen LogP) is 1.54. The van der Waals surface area contributed by atoms with Crippen molar-refractivity contribution in [2.75, 3.05) is 13.2 Å². The lowest BCUT2D eigenvalue weighted by atomic mass is 9.88. The number of hydrogen-bond donors (Lipinski definition) is 3. The van der Waals surface area contributed by atoms with E-state index in [0.717, 1.165) is 0 Å². The third-order valence-electron chi connectivity index (χ3n) is 3.14. The Balaban J connectivity index is 2.48. The van der Waals surface area contributed by atoms with Crippen LogP contribution in [-0.4, -0.2) is 36.1 Å².